The summed E-state index contributed by atoms with van der Waals surface area (Å²) in [5, 5.41) is 2.06. The van der Waals surface area contributed by atoms with Crippen LogP contribution < -0.4 is 11.1 Å². The highest BCUT2D eigenvalue weighted by Gasteiger charge is 2.31. The van der Waals surface area contributed by atoms with Crippen molar-refractivity contribution in [2.45, 2.75) is 19.1 Å². The predicted molar refractivity (Wildman–Crippen MR) is 57.2 cm³/mol. The Balaban J connectivity index is 2.97. The van der Waals surface area contributed by atoms with E-state index in [1.54, 1.807) is 0 Å². The molecule has 104 valence electrons. The largest absolute Gasteiger partial charge is 0.416 e. The molecule has 2 amide bonds. The van der Waals surface area contributed by atoms with E-state index in [-0.39, 0.29) is 5.56 Å². The third-order valence-corrected chi connectivity index (χ3v) is 2.37. The molecule has 0 aromatic heterocycles. The lowest BCUT2D eigenvalue weighted by atomic mass is 10.0. The highest BCUT2D eigenvalue weighted by molar-refractivity contribution is 6.34. The van der Waals surface area contributed by atoms with Gasteiger partial charge >= 0.3 is 18.0 Å². The third-order valence-electron chi connectivity index (χ3n) is 2.37. The van der Waals surface area contributed by atoms with Crippen LogP contribution in [0.4, 0.5) is 17.6 Å². The van der Waals surface area contributed by atoms with Gasteiger partial charge in [0.1, 0.15) is 5.82 Å². The summed E-state index contributed by atoms with van der Waals surface area (Å²) in [7, 11) is 0. The van der Waals surface area contributed by atoms with Crippen molar-refractivity contribution in [1.29, 1.82) is 0 Å². The quantitative estimate of drug-likeness (QED) is 0.635. The Kier molecular flexibility index (Phi) is 4.13. The molecule has 0 fully saturated rings. The lowest BCUT2D eigenvalue weighted by Gasteiger charge is -2.15. The van der Waals surface area contributed by atoms with Crippen LogP contribution in [-0.4, -0.2) is 11.8 Å². The van der Waals surface area contributed by atoms with Crippen LogP contribution in [0, 0.1) is 5.82 Å². The zero-order valence-electron chi connectivity index (χ0n) is 9.72. The van der Waals surface area contributed by atoms with Gasteiger partial charge in [-0.15, -0.1) is 0 Å². The van der Waals surface area contributed by atoms with E-state index in [2.05, 4.69) is 11.1 Å². The first-order valence-electron chi connectivity index (χ1n) is 5.10. The summed E-state index contributed by atoms with van der Waals surface area (Å²) < 4.78 is 50.5. The summed E-state index contributed by atoms with van der Waals surface area (Å²) in [4.78, 5) is 21.5. The topological polar surface area (TPSA) is 72.2 Å². The molecule has 0 bridgehead atoms. The van der Waals surface area contributed by atoms with E-state index in [0.29, 0.717) is 12.1 Å². The molecule has 1 rings (SSSR count). The number of nitrogens with two attached hydrogens (primary N) is 1. The Hall–Kier alpha value is -2.12. The van der Waals surface area contributed by atoms with Gasteiger partial charge in [0.15, 0.2) is 0 Å². The Morgan fingerprint density at radius 3 is 2.32 bits per heavy atom. The molecule has 0 aliphatic carbocycles. The minimum absolute atomic E-state index is 0.178. The fraction of sp³-hybridized carbons (Fsp3) is 0.273. The average Bonchev–Trinajstić information content (AvgIpc) is 2.27. The zero-order valence-corrected chi connectivity index (χ0v) is 9.72. The van der Waals surface area contributed by atoms with Crippen molar-refractivity contribution in [3.63, 3.8) is 0 Å². The first-order valence-corrected chi connectivity index (χ1v) is 5.10. The van der Waals surface area contributed by atoms with Crippen molar-refractivity contribution < 1.29 is 27.2 Å². The van der Waals surface area contributed by atoms with E-state index in [9.17, 15) is 27.2 Å². The van der Waals surface area contributed by atoms with Gasteiger partial charge in [-0.1, -0.05) is 6.07 Å². The molecule has 3 N–H and O–H groups in total. The van der Waals surface area contributed by atoms with Crippen molar-refractivity contribution in [3.05, 3.63) is 35.1 Å². The van der Waals surface area contributed by atoms with Gasteiger partial charge in [0.05, 0.1) is 11.6 Å². The van der Waals surface area contributed by atoms with E-state index in [0.717, 1.165) is 6.07 Å². The first kappa shape index (κ1) is 14.9. The fourth-order valence-corrected chi connectivity index (χ4v) is 1.40. The molecule has 8 heteroatoms. The normalized spacial score (nSPS) is 12.9. The average molecular weight is 278 g/mol. The van der Waals surface area contributed by atoms with Gasteiger partial charge < -0.3 is 11.1 Å². The number of hydrogen-bond donors (Lipinski definition) is 2. The van der Waals surface area contributed by atoms with Crippen LogP contribution in [0.5, 0.6) is 0 Å². The monoisotopic (exact) mass is 278 g/mol. The summed E-state index contributed by atoms with van der Waals surface area (Å²) in [5.41, 5.74) is 3.37. The molecule has 0 aliphatic heterocycles. The summed E-state index contributed by atoms with van der Waals surface area (Å²) in [6.45, 7) is 1.31. The van der Waals surface area contributed by atoms with E-state index >= 15 is 0 Å². The lowest BCUT2D eigenvalue weighted by molar-refractivity contribution is -0.138. The number of primary amides is 1. The molecular formula is C11H10F4N2O2. The van der Waals surface area contributed by atoms with E-state index < -0.39 is 35.4 Å². The highest BCUT2D eigenvalue weighted by atomic mass is 19.4. The molecule has 19 heavy (non-hydrogen) atoms. The Labute approximate surface area is 105 Å². The van der Waals surface area contributed by atoms with Gasteiger partial charge in [-0.2, -0.15) is 13.2 Å². The van der Waals surface area contributed by atoms with Gasteiger partial charge in [-0.25, -0.2) is 4.39 Å². The van der Waals surface area contributed by atoms with E-state index in [1.165, 1.54) is 6.92 Å². The molecule has 1 atom stereocenters. The number of hydrogen-bond acceptors (Lipinski definition) is 2. The third kappa shape index (κ3) is 3.67. The second-order valence-electron chi connectivity index (χ2n) is 3.79. The number of amides is 2. The van der Waals surface area contributed by atoms with Crippen molar-refractivity contribution >= 4 is 11.8 Å². The second-order valence-corrected chi connectivity index (χ2v) is 3.79. The maximum atomic E-state index is 13.5. The highest BCUT2D eigenvalue weighted by Crippen LogP contribution is 2.31. The van der Waals surface area contributed by atoms with Crippen molar-refractivity contribution in [2.24, 2.45) is 5.73 Å². The zero-order chi connectivity index (χ0) is 14.8. The molecule has 0 unspecified atom stereocenters. The molecule has 1 aromatic carbocycles. The van der Waals surface area contributed by atoms with Crippen LogP contribution >= 0.6 is 0 Å². The van der Waals surface area contributed by atoms with Gasteiger partial charge in [-0.05, 0) is 19.1 Å². The van der Waals surface area contributed by atoms with E-state index in [1.807, 2.05) is 0 Å². The Morgan fingerprint density at radius 2 is 1.89 bits per heavy atom. The molecule has 0 heterocycles. The number of alkyl halides is 3. The van der Waals surface area contributed by atoms with Gasteiger partial charge in [-0.3, -0.25) is 9.59 Å². The maximum absolute atomic E-state index is 13.5. The van der Waals surface area contributed by atoms with Gasteiger partial charge in [0, 0.05) is 5.56 Å². The van der Waals surface area contributed by atoms with Crippen molar-refractivity contribution in [1.82, 2.24) is 5.32 Å². The summed E-state index contributed by atoms with van der Waals surface area (Å²) >= 11 is 0. The van der Waals surface area contributed by atoms with Crippen LogP contribution in [-0.2, 0) is 15.8 Å². The predicted octanol–water partition coefficient (Wildman–Crippen LogP) is 1.51. The summed E-state index contributed by atoms with van der Waals surface area (Å²) in [6, 6.07) is 0.916. The number of rotatable bonds is 2. The smallest absolute Gasteiger partial charge is 0.361 e. The summed E-state index contributed by atoms with van der Waals surface area (Å²) in [5.74, 6) is -3.54. The summed E-state index contributed by atoms with van der Waals surface area (Å²) in [6.07, 6.45) is -4.65. The van der Waals surface area contributed by atoms with E-state index in [4.69, 9.17) is 0 Å². The van der Waals surface area contributed by atoms with Crippen molar-refractivity contribution in [2.75, 3.05) is 0 Å². The minimum Gasteiger partial charge on any atom is -0.361 e. The van der Waals surface area contributed by atoms with Gasteiger partial charge in [0.2, 0.25) is 0 Å². The Morgan fingerprint density at radius 1 is 1.32 bits per heavy atom. The molecular weight excluding hydrogens is 268 g/mol. The Bertz CT molecular complexity index is 514. The number of nitrogens with one attached hydrogen (secondary N) is 1. The fourth-order valence-electron chi connectivity index (χ4n) is 1.40. The van der Waals surface area contributed by atoms with Gasteiger partial charge in [0.25, 0.3) is 0 Å². The molecule has 1 aromatic rings. The maximum Gasteiger partial charge on any atom is 0.416 e. The van der Waals surface area contributed by atoms with Crippen LogP contribution in [0.15, 0.2) is 18.2 Å². The first-order chi connectivity index (χ1) is 8.62. The SMILES string of the molecule is C[C@@H](NC(=O)C(N)=O)c1ccc(C(F)(F)F)cc1F. The van der Waals surface area contributed by atoms with Crippen LogP contribution in [0.2, 0.25) is 0 Å². The molecule has 0 spiro atoms. The molecule has 4 nitrogen and oxygen atoms in total. The lowest BCUT2D eigenvalue weighted by Crippen LogP contribution is -2.37. The minimum atomic E-state index is -4.65. The van der Waals surface area contributed by atoms with Crippen LogP contribution in [0.25, 0.3) is 0 Å². The number of carbonyl (C=O) groups excluding carboxylic acids is 2. The molecule has 0 saturated carbocycles. The molecule has 0 radical (unpaired) electrons. The molecule has 0 aliphatic rings. The number of halogens is 4. The van der Waals surface area contributed by atoms with Crippen LogP contribution in [0.3, 0.4) is 0 Å². The van der Waals surface area contributed by atoms with Crippen LogP contribution in [0.1, 0.15) is 24.1 Å². The number of carbonyl (C=O) groups is 2. The van der Waals surface area contributed by atoms with Crippen molar-refractivity contribution in [3.8, 4) is 0 Å². The molecule has 0 saturated heterocycles. The number of benzene rings is 1. The standard InChI is InChI=1S/C11H10F4N2O2/c1-5(17-10(19)9(16)18)7-3-2-6(4-8(7)12)11(13,14)15/h2-5H,1H3,(H2,16,18)(H,17,19)/t5-/m1/s1. The second kappa shape index (κ2) is 5.25.